The molecule has 1 unspecified atom stereocenters. The summed E-state index contributed by atoms with van der Waals surface area (Å²) < 4.78 is 28.7. The fourth-order valence-corrected chi connectivity index (χ4v) is 5.97. The number of carbonyl (C=O) groups excluding carboxylic acids is 3. The highest BCUT2D eigenvalue weighted by Gasteiger charge is 2.34. The van der Waals surface area contributed by atoms with E-state index in [4.69, 9.17) is 4.74 Å². The highest BCUT2D eigenvalue weighted by Crippen LogP contribution is 2.34. The number of likely N-dealkylation sites (N-methyl/N-ethyl adjacent to an activating group) is 1. The summed E-state index contributed by atoms with van der Waals surface area (Å²) in [4.78, 5) is 40.0. The van der Waals surface area contributed by atoms with E-state index >= 15 is 0 Å². The van der Waals surface area contributed by atoms with Gasteiger partial charge in [-0.05, 0) is 32.8 Å². The molecule has 30 heavy (non-hydrogen) atoms. The number of esters is 1. The first kappa shape index (κ1) is 24.3. The van der Waals surface area contributed by atoms with Gasteiger partial charge in [0, 0.05) is 22.9 Å². The van der Waals surface area contributed by atoms with Gasteiger partial charge in [-0.3, -0.25) is 9.59 Å². The summed E-state index contributed by atoms with van der Waals surface area (Å²) >= 11 is 1.28. The number of carbonyl (C=O) groups is 3. The van der Waals surface area contributed by atoms with Crippen LogP contribution in [-0.2, 0) is 24.2 Å². The number of nitrogens with one attached hydrogen (secondary N) is 1. The monoisotopic (exact) mass is 458 g/mol. The summed E-state index contributed by atoms with van der Waals surface area (Å²) in [5.41, 5.74) is 0.303. The lowest BCUT2D eigenvalue weighted by atomic mass is 9.96. The fourth-order valence-electron chi connectivity index (χ4n) is 3.19. The molecule has 2 amide bonds. The van der Waals surface area contributed by atoms with Gasteiger partial charge in [0.25, 0.3) is 5.91 Å². The molecule has 1 aromatic rings. The lowest BCUT2D eigenvalue weighted by Gasteiger charge is -2.26. The van der Waals surface area contributed by atoms with Gasteiger partial charge in [-0.2, -0.15) is 0 Å². The number of aryl methyl sites for hydroxylation is 1. The normalized spacial score (nSPS) is 18.1. The van der Waals surface area contributed by atoms with Crippen molar-refractivity contribution in [1.82, 2.24) is 4.90 Å². The van der Waals surface area contributed by atoms with Crippen LogP contribution in [0.15, 0.2) is 0 Å². The molecule has 1 fully saturated rings. The molecule has 1 N–H and O–H groups in total. The number of hydrogen-bond donors (Lipinski definition) is 1. The number of sulfone groups is 1. The Labute approximate surface area is 181 Å². The third-order valence-corrected chi connectivity index (χ3v) is 8.01. The summed E-state index contributed by atoms with van der Waals surface area (Å²) in [7, 11) is -3.13. The van der Waals surface area contributed by atoms with Gasteiger partial charge in [0.1, 0.15) is 5.00 Å². The molecule has 0 spiro atoms. The van der Waals surface area contributed by atoms with Crippen LogP contribution < -0.4 is 5.32 Å². The quantitative estimate of drug-likeness (QED) is 0.656. The smallest absolute Gasteiger partial charge is 0.341 e. The van der Waals surface area contributed by atoms with Crippen molar-refractivity contribution in [1.29, 1.82) is 0 Å². The van der Waals surface area contributed by atoms with E-state index in [-0.39, 0.29) is 23.0 Å². The number of thiophene rings is 1. The van der Waals surface area contributed by atoms with E-state index in [0.29, 0.717) is 23.5 Å². The first-order valence-corrected chi connectivity index (χ1v) is 12.5. The van der Waals surface area contributed by atoms with Crippen LogP contribution >= 0.6 is 11.3 Å². The Morgan fingerprint density at radius 1 is 1.23 bits per heavy atom. The number of ether oxygens (including phenoxy) is 1. The summed E-state index contributed by atoms with van der Waals surface area (Å²) in [6, 6.07) is -0.391. The number of anilines is 1. The molecule has 2 heterocycles. The van der Waals surface area contributed by atoms with Gasteiger partial charge < -0.3 is 15.0 Å². The van der Waals surface area contributed by atoms with E-state index in [1.807, 2.05) is 6.92 Å². The first-order valence-electron chi connectivity index (χ1n) is 9.85. The molecule has 0 aromatic carbocycles. The second kappa shape index (κ2) is 9.05. The molecule has 0 radical (unpaired) electrons. The van der Waals surface area contributed by atoms with E-state index < -0.39 is 39.8 Å². The summed E-state index contributed by atoms with van der Waals surface area (Å²) in [5.74, 6) is -1.35. The predicted molar refractivity (Wildman–Crippen MR) is 117 cm³/mol. The number of rotatable bonds is 6. The molecule has 1 aliphatic rings. The van der Waals surface area contributed by atoms with Gasteiger partial charge in [0.2, 0.25) is 5.91 Å². The van der Waals surface area contributed by atoms with Gasteiger partial charge in [0.15, 0.2) is 16.4 Å². The third kappa shape index (κ3) is 5.60. The van der Waals surface area contributed by atoms with Crippen LogP contribution in [0.25, 0.3) is 0 Å². The van der Waals surface area contributed by atoms with Crippen molar-refractivity contribution >= 4 is 44.0 Å². The summed E-state index contributed by atoms with van der Waals surface area (Å²) in [6.45, 7) is 10.5. The van der Waals surface area contributed by atoms with E-state index in [9.17, 15) is 22.8 Å². The average Bonchev–Trinajstić information content (AvgIpc) is 3.11. The molecule has 0 bridgehead atoms. The maximum absolute atomic E-state index is 12.7. The van der Waals surface area contributed by atoms with E-state index in [0.717, 1.165) is 4.88 Å². The Kier molecular flexibility index (Phi) is 7.34. The molecule has 8 nitrogen and oxygen atoms in total. The zero-order chi connectivity index (χ0) is 22.9. The van der Waals surface area contributed by atoms with Gasteiger partial charge in [-0.1, -0.05) is 20.8 Å². The Bertz CT molecular complexity index is 943. The first-order chi connectivity index (χ1) is 13.8. The van der Waals surface area contributed by atoms with Crippen LogP contribution in [0.1, 0.15) is 54.9 Å². The zero-order valence-corrected chi connectivity index (χ0v) is 20.0. The molecule has 0 saturated carbocycles. The molecule has 1 aliphatic heterocycles. The molecular formula is C20H30N2O6S2. The van der Waals surface area contributed by atoms with E-state index in [1.54, 1.807) is 34.6 Å². The molecule has 1 saturated heterocycles. The standard InChI is InChI=1S/C20H30N2O6S2/c1-7-22(14-8-9-30(26,27)11-14)15(23)10-28-18(24)16-12(2)13(3)29-17(16)21-19(25)20(4,5)6/h14H,7-11H2,1-6H3,(H,21,25). The maximum atomic E-state index is 12.7. The minimum atomic E-state index is -3.13. The van der Waals surface area contributed by atoms with Crippen molar-refractivity contribution in [2.45, 2.75) is 54.0 Å². The van der Waals surface area contributed by atoms with Gasteiger partial charge in [0.05, 0.1) is 17.1 Å². The van der Waals surface area contributed by atoms with E-state index in [1.165, 1.54) is 16.2 Å². The minimum absolute atomic E-state index is 0.0610. The molecule has 10 heteroatoms. The molecule has 1 aromatic heterocycles. The van der Waals surface area contributed by atoms with Crippen LogP contribution in [0.2, 0.25) is 0 Å². The van der Waals surface area contributed by atoms with Crippen LogP contribution in [0.4, 0.5) is 5.00 Å². The van der Waals surface area contributed by atoms with Crippen molar-refractivity contribution in [2.24, 2.45) is 5.41 Å². The van der Waals surface area contributed by atoms with Crippen LogP contribution in [0.3, 0.4) is 0 Å². The average molecular weight is 459 g/mol. The van der Waals surface area contributed by atoms with Gasteiger partial charge in [-0.25, -0.2) is 13.2 Å². The maximum Gasteiger partial charge on any atom is 0.341 e. The molecular weight excluding hydrogens is 428 g/mol. The van der Waals surface area contributed by atoms with Crippen molar-refractivity contribution in [3.63, 3.8) is 0 Å². The predicted octanol–water partition coefficient (Wildman–Crippen LogP) is 2.54. The number of nitrogens with zero attached hydrogens (tertiary/aromatic N) is 1. The summed E-state index contributed by atoms with van der Waals surface area (Å²) in [6.07, 6.45) is 0.391. The van der Waals surface area contributed by atoms with Crippen molar-refractivity contribution in [3.8, 4) is 0 Å². The van der Waals surface area contributed by atoms with Gasteiger partial charge >= 0.3 is 5.97 Å². The summed E-state index contributed by atoms with van der Waals surface area (Å²) in [5, 5.41) is 3.18. The second-order valence-electron chi connectivity index (χ2n) is 8.50. The van der Waals surface area contributed by atoms with E-state index in [2.05, 4.69) is 5.32 Å². The number of amides is 2. The molecule has 168 valence electrons. The highest BCUT2D eigenvalue weighted by molar-refractivity contribution is 7.91. The zero-order valence-electron chi connectivity index (χ0n) is 18.3. The minimum Gasteiger partial charge on any atom is -0.452 e. The Morgan fingerprint density at radius 3 is 2.37 bits per heavy atom. The van der Waals surface area contributed by atoms with Gasteiger partial charge in [-0.15, -0.1) is 11.3 Å². The van der Waals surface area contributed by atoms with Crippen molar-refractivity contribution in [2.75, 3.05) is 30.0 Å². The molecule has 1 atom stereocenters. The van der Waals surface area contributed by atoms with Crippen LogP contribution in [-0.4, -0.2) is 61.8 Å². The molecule has 2 rings (SSSR count). The van der Waals surface area contributed by atoms with Crippen LogP contribution in [0.5, 0.6) is 0 Å². The molecule has 0 aliphatic carbocycles. The highest BCUT2D eigenvalue weighted by atomic mass is 32.2. The van der Waals surface area contributed by atoms with Crippen LogP contribution in [0, 0.1) is 19.3 Å². The lowest BCUT2D eigenvalue weighted by molar-refractivity contribution is -0.136. The SMILES string of the molecule is CCN(C(=O)COC(=O)c1c(NC(=O)C(C)(C)C)sc(C)c1C)C1CCS(=O)(=O)C1. The largest absolute Gasteiger partial charge is 0.452 e. The Hall–Kier alpha value is -1.94. The van der Waals surface area contributed by atoms with Crippen molar-refractivity contribution in [3.05, 3.63) is 16.0 Å². The fraction of sp³-hybridized carbons (Fsp3) is 0.650. The topological polar surface area (TPSA) is 110 Å². The van der Waals surface area contributed by atoms with Crippen molar-refractivity contribution < 1.29 is 27.5 Å². The lowest BCUT2D eigenvalue weighted by Crippen LogP contribution is -2.43. The third-order valence-electron chi connectivity index (χ3n) is 5.13. The Morgan fingerprint density at radius 2 is 1.87 bits per heavy atom. The Balaban J connectivity index is 2.10. The second-order valence-corrected chi connectivity index (χ2v) is 12.0. The number of hydrogen-bond acceptors (Lipinski definition) is 7.